The van der Waals surface area contributed by atoms with Crippen LogP contribution in [0.1, 0.15) is 26.7 Å². The van der Waals surface area contributed by atoms with Gasteiger partial charge in [0.15, 0.2) is 0 Å². The van der Waals surface area contributed by atoms with E-state index in [0.29, 0.717) is 5.92 Å². The molecular formula is C10H22N4. The van der Waals surface area contributed by atoms with Crippen LogP contribution in [0.5, 0.6) is 0 Å². The van der Waals surface area contributed by atoms with Gasteiger partial charge in [-0.1, -0.05) is 13.8 Å². The van der Waals surface area contributed by atoms with Crippen molar-refractivity contribution in [3.05, 3.63) is 0 Å². The number of nitrogens with two attached hydrogens (primary N) is 1. The lowest BCUT2D eigenvalue weighted by molar-refractivity contribution is 0.454. The van der Waals surface area contributed by atoms with Crippen molar-refractivity contribution in [2.45, 2.75) is 26.7 Å². The molecule has 1 saturated carbocycles. The second-order valence-electron chi connectivity index (χ2n) is 4.53. The standard InChI is InChI=1S/C10H22N4/c1-8(2)6-12-10(13-11)14(3)7-9-4-5-9/h8-9H,4-7,11H2,1-3H3,(H,12,13). The molecule has 1 aliphatic rings. The van der Waals surface area contributed by atoms with E-state index in [1.54, 1.807) is 0 Å². The van der Waals surface area contributed by atoms with Gasteiger partial charge in [0.05, 0.1) is 0 Å². The summed E-state index contributed by atoms with van der Waals surface area (Å²) in [5, 5.41) is 0. The Morgan fingerprint density at radius 3 is 2.64 bits per heavy atom. The van der Waals surface area contributed by atoms with E-state index in [0.717, 1.165) is 25.0 Å². The average molecular weight is 198 g/mol. The van der Waals surface area contributed by atoms with Gasteiger partial charge in [-0.2, -0.15) is 0 Å². The van der Waals surface area contributed by atoms with Crippen molar-refractivity contribution < 1.29 is 0 Å². The Kier molecular flexibility index (Phi) is 4.20. The van der Waals surface area contributed by atoms with Gasteiger partial charge >= 0.3 is 0 Å². The van der Waals surface area contributed by atoms with Crippen LogP contribution < -0.4 is 11.3 Å². The summed E-state index contributed by atoms with van der Waals surface area (Å²) in [6.07, 6.45) is 2.71. The monoisotopic (exact) mass is 198 g/mol. The van der Waals surface area contributed by atoms with E-state index in [9.17, 15) is 0 Å². The maximum Gasteiger partial charge on any atom is 0.208 e. The fraction of sp³-hybridized carbons (Fsp3) is 0.900. The molecule has 3 N–H and O–H groups in total. The molecule has 4 nitrogen and oxygen atoms in total. The molecule has 14 heavy (non-hydrogen) atoms. The quantitative estimate of drug-likeness (QED) is 0.304. The highest BCUT2D eigenvalue weighted by Crippen LogP contribution is 2.29. The number of hydrogen-bond acceptors (Lipinski definition) is 2. The van der Waals surface area contributed by atoms with Crippen molar-refractivity contribution in [2.24, 2.45) is 22.7 Å². The first kappa shape index (κ1) is 11.3. The number of nitrogens with one attached hydrogen (secondary N) is 1. The van der Waals surface area contributed by atoms with Gasteiger partial charge in [0.25, 0.3) is 0 Å². The number of aliphatic imine (C=N–C) groups is 1. The second-order valence-corrected chi connectivity index (χ2v) is 4.53. The number of rotatable bonds is 4. The van der Waals surface area contributed by atoms with Crippen LogP contribution in [-0.4, -0.2) is 31.0 Å². The summed E-state index contributed by atoms with van der Waals surface area (Å²) in [6.45, 7) is 6.20. The highest BCUT2D eigenvalue weighted by atomic mass is 15.4. The van der Waals surface area contributed by atoms with Crippen LogP contribution >= 0.6 is 0 Å². The largest absolute Gasteiger partial charge is 0.345 e. The topological polar surface area (TPSA) is 53.6 Å². The van der Waals surface area contributed by atoms with E-state index in [1.807, 2.05) is 7.05 Å². The normalized spacial score (nSPS) is 17.4. The number of guanidine groups is 1. The summed E-state index contributed by atoms with van der Waals surface area (Å²) >= 11 is 0. The smallest absolute Gasteiger partial charge is 0.208 e. The summed E-state index contributed by atoms with van der Waals surface area (Å²) in [5.74, 6) is 7.68. The van der Waals surface area contributed by atoms with Crippen molar-refractivity contribution in [1.29, 1.82) is 0 Å². The maximum atomic E-state index is 5.43. The number of hydrogen-bond donors (Lipinski definition) is 2. The molecule has 0 aliphatic heterocycles. The lowest BCUT2D eigenvalue weighted by atomic mass is 10.2. The van der Waals surface area contributed by atoms with Crippen molar-refractivity contribution in [3.63, 3.8) is 0 Å². The molecule has 1 fully saturated rings. The van der Waals surface area contributed by atoms with Crippen LogP contribution in [0.25, 0.3) is 0 Å². The van der Waals surface area contributed by atoms with Gasteiger partial charge in [-0.15, -0.1) is 0 Å². The summed E-state index contributed by atoms with van der Waals surface area (Å²) < 4.78 is 0. The van der Waals surface area contributed by atoms with Gasteiger partial charge in [0.2, 0.25) is 5.96 Å². The third-order valence-electron chi connectivity index (χ3n) is 2.33. The zero-order valence-corrected chi connectivity index (χ0v) is 9.45. The summed E-state index contributed by atoms with van der Waals surface area (Å²) in [6, 6.07) is 0. The van der Waals surface area contributed by atoms with E-state index in [4.69, 9.17) is 5.84 Å². The van der Waals surface area contributed by atoms with Gasteiger partial charge < -0.3 is 4.90 Å². The first-order valence-corrected chi connectivity index (χ1v) is 5.35. The minimum Gasteiger partial charge on any atom is -0.345 e. The van der Waals surface area contributed by atoms with Crippen molar-refractivity contribution in [1.82, 2.24) is 10.3 Å². The highest BCUT2D eigenvalue weighted by molar-refractivity contribution is 5.79. The molecule has 82 valence electrons. The lowest BCUT2D eigenvalue weighted by Gasteiger charge is -2.20. The van der Waals surface area contributed by atoms with Gasteiger partial charge in [-0.25, -0.2) is 5.84 Å². The van der Waals surface area contributed by atoms with Crippen LogP contribution in [0.4, 0.5) is 0 Å². The predicted molar refractivity (Wildman–Crippen MR) is 59.8 cm³/mol. The van der Waals surface area contributed by atoms with Gasteiger partial charge in [0, 0.05) is 20.1 Å². The molecule has 0 unspecified atom stereocenters. The molecule has 4 heteroatoms. The SMILES string of the molecule is CC(C)CN=C(NN)N(C)CC1CC1. The van der Waals surface area contributed by atoms with Gasteiger partial charge in [-0.05, 0) is 24.7 Å². The van der Waals surface area contributed by atoms with E-state index >= 15 is 0 Å². The predicted octanol–water partition coefficient (Wildman–Crippen LogP) is 0.804. The molecule has 0 aromatic carbocycles. The molecule has 1 rings (SSSR count). The summed E-state index contributed by atoms with van der Waals surface area (Å²) in [7, 11) is 2.04. The molecule has 0 atom stereocenters. The van der Waals surface area contributed by atoms with E-state index in [-0.39, 0.29) is 0 Å². The van der Waals surface area contributed by atoms with E-state index < -0.39 is 0 Å². The fourth-order valence-corrected chi connectivity index (χ4v) is 1.32. The van der Waals surface area contributed by atoms with Crippen LogP contribution in [0.2, 0.25) is 0 Å². The minimum absolute atomic E-state index is 0.577. The lowest BCUT2D eigenvalue weighted by Crippen LogP contribution is -2.43. The first-order valence-electron chi connectivity index (χ1n) is 5.35. The van der Waals surface area contributed by atoms with Crippen LogP contribution in [0.15, 0.2) is 4.99 Å². The molecule has 0 heterocycles. The fourth-order valence-electron chi connectivity index (χ4n) is 1.32. The Balaban J connectivity index is 2.37. The maximum absolute atomic E-state index is 5.43. The molecule has 0 bridgehead atoms. The minimum atomic E-state index is 0.577. The molecular weight excluding hydrogens is 176 g/mol. The van der Waals surface area contributed by atoms with Crippen molar-refractivity contribution in [2.75, 3.05) is 20.1 Å². The Labute approximate surface area is 86.5 Å². The molecule has 0 aromatic rings. The Bertz CT molecular complexity index is 196. The van der Waals surface area contributed by atoms with Crippen LogP contribution in [-0.2, 0) is 0 Å². The Hall–Kier alpha value is -0.770. The number of nitrogens with zero attached hydrogens (tertiary/aromatic N) is 2. The number of hydrazine groups is 1. The molecule has 0 spiro atoms. The van der Waals surface area contributed by atoms with Gasteiger partial charge in [0.1, 0.15) is 0 Å². The van der Waals surface area contributed by atoms with Crippen LogP contribution in [0, 0.1) is 11.8 Å². The first-order chi connectivity index (χ1) is 6.63. The van der Waals surface area contributed by atoms with Gasteiger partial charge in [-0.3, -0.25) is 10.4 Å². The molecule has 0 saturated heterocycles. The Morgan fingerprint density at radius 2 is 2.21 bits per heavy atom. The molecule has 0 amide bonds. The summed E-state index contributed by atoms with van der Waals surface area (Å²) in [5.41, 5.74) is 2.67. The molecule has 0 radical (unpaired) electrons. The van der Waals surface area contributed by atoms with E-state index in [1.165, 1.54) is 12.8 Å². The molecule has 0 aromatic heterocycles. The zero-order chi connectivity index (χ0) is 10.6. The Morgan fingerprint density at radius 1 is 1.57 bits per heavy atom. The highest BCUT2D eigenvalue weighted by Gasteiger charge is 2.23. The zero-order valence-electron chi connectivity index (χ0n) is 9.45. The van der Waals surface area contributed by atoms with Crippen molar-refractivity contribution in [3.8, 4) is 0 Å². The van der Waals surface area contributed by atoms with E-state index in [2.05, 4.69) is 29.2 Å². The second kappa shape index (κ2) is 5.20. The average Bonchev–Trinajstić information content (AvgIpc) is 2.88. The molecule has 1 aliphatic carbocycles. The third kappa shape index (κ3) is 3.96. The van der Waals surface area contributed by atoms with Crippen LogP contribution in [0.3, 0.4) is 0 Å². The summed E-state index contributed by atoms with van der Waals surface area (Å²) in [4.78, 5) is 6.54. The van der Waals surface area contributed by atoms with Crippen molar-refractivity contribution >= 4 is 5.96 Å². The third-order valence-corrected chi connectivity index (χ3v) is 2.33.